The van der Waals surface area contributed by atoms with E-state index in [-0.39, 0.29) is 5.56 Å². The Kier molecular flexibility index (Phi) is 2.83. The number of rotatable bonds is 2. The summed E-state index contributed by atoms with van der Waals surface area (Å²) in [7, 11) is 0. The lowest BCUT2D eigenvalue weighted by Crippen LogP contribution is -2.03. The third-order valence-corrected chi connectivity index (χ3v) is 2.32. The average molecular weight is 218 g/mol. The van der Waals surface area contributed by atoms with Gasteiger partial charge in [-0.1, -0.05) is 12.1 Å². The van der Waals surface area contributed by atoms with Crippen LogP contribution in [0.2, 0.25) is 0 Å². The molecule has 1 aromatic heterocycles. The lowest BCUT2D eigenvalue weighted by atomic mass is 10.0. The van der Waals surface area contributed by atoms with E-state index in [0.717, 1.165) is 6.20 Å². The summed E-state index contributed by atoms with van der Waals surface area (Å²) in [6.07, 6.45) is 1.49. The molecule has 0 saturated carbocycles. The van der Waals surface area contributed by atoms with Crippen LogP contribution >= 0.6 is 0 Å². The molecule has 1 heterocycles. The van der Waals surface area contributed by atoms with Crippen molar-refractivity contribution in [1.29, 1.82) is 0 Å². The number of aromatic nitrogens is 1. The molecular weight excluding hydrogens is 207 g/mol. The number of nitrogens with two attached hydrogens (primary N) is 1. The van der Waals surface area contributed by atoms with Crippen LogP contribution in [0.3, 0.4) is 0 Å². The summed E-state index contributed by atoms with van der Waals surface area (Å²) in [6, 6.07) is 8.18. The maximum Gasteiger partial charge on any atom is 0.147 e. The van der Waals surface area contributed by atoms with E-state index in [0.29, 0.717) is 11.3 Å². The van der Waals surface area contributed by atoms with Crippen LogP contribution in [-0.4, -0.2) is 10.1 Å². The van der Waals surface area contributed by atoms with Gasteiger partial charge in [0.2, 0.25) is 0 Å². The van der Waals surface area contributed by atoms with Crippen molar-refractivity contribution in [2.75, 3.05) is 5.73 Å². The van der Waals surface area contributed by atoms with E-state index in [2.05, 4.69) is 4.98 Å². The van der Waals surface area contributed by atoms with Crippen molar-refractivity contribution in [3.05, 3.63) is 59.7 Å². The van der Waals surface area contributed by atoms with Gasteiger partial charge in [0, 0.05) is 17.4 Å². The van der Waals surface area contributed by atoms with Crippen molar-refractivity contribution >= 4 is 5.69 Å². The van der Waals surface area contributed by atoms with Crippen LogP contribution < -0.4 is 5.73 Å². The van der Waals surface area contributed by atoms with Crippen LogP contribution in [0.1, 0.15) is 17.2 Å². The van der Waals surface area contributed by atoms with Crippen molar-refractivity contribution in [3.63, 3.8) is 0 Å². The summed E-state index contributed by atoms with van der Waals surface area (Å²) in [5.74, 6) is -0.530. The molecule has 2 rings (SSSR count). The zero-order chi connectivity index (χ0) is 11.5. The Morgan fingerprint density at radius 2 is 2.12 bits per heavy atom. The Morgan fingerprint density at radius 3 is 2.81 bits per heavy atom. The Morgan fingerprint density at radius 1 is 1.31 bits per heavy atom. The van der Waals surface area contributed by atoms with Crippen molar-refractivity contribution in [2.24, 2.45) is 0 Å². The number of hydrogen-bond acceptors (Lipinski definition) is 3. The number of nitrogen functional groups attached to an aromatic ring is 1. The molecule has 0 spiro atoms. The SMILES string of the molecule is Nc1cccc(C(O)c2ccncc2F)c1. The number of benzene rings is 1. The highest BCUT2D eigenvalue weighted by molar-refractivity contribution is 5.43. The third kappa shape index (κ3) is 2.01. The molecule has 4 heteroatoms. The molecule has 0 bridgehead atoms. The highest BCUT2D eigenvalue weighted by Gasteiger charge is 2.14. The first-order chi connectivity index (χ1) is 7.68. The number of hydrogen-bond donors (Lipinski definition) is 2. The second-order valence-corrected chi connectivity index (χ2v) is 3.47. The van der Waals surface area contributed by atoms with E-state index < -0.39 is 11.9 Å². The maximum absolute atomic E-state index is 13.4. The molecule has 2 aromatic rings. The molecule has 0 saturated heterocycles. The molecule has 0 aliphatic heterocycles. The Labute approximate surface area is 92.4 Å². The van der Waals surface area contributed by atoms with Gasteiger partial charge >= 0.3 is 0 Å². The molecule has 16 heavy (non-hydrogen) atoms. The van der Waals surface area contributed by atoms with Crippen LogP contribution in [0.5, 0.6) is 0 Å². The summed E-state index contributed by atoms with van der Waals surface area (Å²) in [6.45, 7) is 0. The molecule has 0 aliphatic rings. The van der Waals surface area contributed by atoms with Crippen molar-refractivity contribution in [3.8, 4) is 0 Å². The molecule has 1 aromatic carbocycles. The highest BCUT2D eigenvalue weighted by atomic mass is 19.1. The van der Waals surface area contributed by atoms with Crippen molar-refractivity contribution < 1.29 is 9.50 Å². The molecular formula is C12H11FN2O. The van der Waals surface area contributed by atoms with Crippen LogP contribution in [0.4, 0.5) is 10.1 Å². The molecule has 0 fully saturated rings. The summed E-state index contributed by atoms with van der Waals surface area (Å²) < 4.78 is 13.4. The minimum atomic E-state index is -1.02. The standard InChI is InChI=1S/C12H11FN2O/c13-11-7-15-5-4-10(11)12(16)8-2-1-3-9(14)6-8/h1-7,12,16H,14H2. The van der Waals surface area contributed by atoms with Gasteiger partial charge < -0.3 is 10.8 Å². The summed E-state index contributed by atoms with van der Waals surface area (Å²) >= 11 is 0. The van der Waals surface area contributed by atoms with Gasteiger partial charge in [0.25, 0.3) is 0 Å². The summed E-state index contributed by atoms with van der Waals surface area (Å²) in [4.78, 5) is 3.63. The third-order valence-electron chi connectivity index (χ3n) is 2.32. The van der Waals surface area contributed by atoms with Gasteiger partial charge in [0.15, 0.2) is 0 Å². The largest absolute Gasteiger partial charge is 0.399 e. The molecule has 1 atom stereocenters. The number of pyridine rings is 1. The molecule has 0 radical (unpaired) electrons. The highest BCUT2D eigenvalue weighted by Crippen LogP contribution is 2.24. The normalized spacial score (nSPS) is 12.4. The van der Waals surface area contributed by atoms with Crippen LogP contribution in [0.25, 0.3) is 0 Å². The average Bonchev–Trinajstić information content (AvgIpc) is 2.29. The van der Waals surface area contributed by atoms with Gasteiger partial charge in [0.1, 0.15) is 11.9 Å². The monoisotopic (exact) mass is 218 g/mol. The molecule has 0 aliphatic carbocycles. The minimum Gasteiger partial charge on any atom is -0.399 e. The summed E-state index contributed by atoms with van der Waals surface area (Å²) in [5, 5.41) is 9.97. The van der Waals surface area contributed by atoms with Crippen LogP contribution in [-0.2, 0) is 0 Å². The van der Waals surface area contributed by atoms with E-state index >= 15 is 0 Å². The minimum absolute atomic E-state index is 0.195. The second kappa shape index (κ2) is 4.28. The van der Waals surface area contributed by atoms with Gasteiger partial charge in [0.05, 0.1) is 6.20 Å². The predicted octanol–water partition coefficient (Wildman–Crippen LogP) is 1.88. The summed E-state index contributed by atoms with van der Waals surface area (Å²) in [5.41, 5.74) is 6.88. The first kappa shape index (κ1) is 10.6. The van der Waals surface area contributed by atoms with Crippen LogP contribution in [0, 0.1) is 5.82 Å². The molecule has 3 nitrogen and oxygen atoms in total. The van der Waals surface area contributed by atoms with Crippen molar-refractivity contribution in [1.82, 2.24) is 4.98 Å². The fraction of sp³-hybridized carbons (Fsp3) is 0.0833. The number of halogens is 1. The van der Waals surface area contributed by atoms with Crippen LogP contribution in [0.15, 0.2) is 42.7 Å². The smallest absolute Gasteiger partial charge is 0.147 e. The van der Waals surface area contributed by atoms with Gasteiger partial charge in [-0.15, -0.1) is 0 Å². The Balaban J connectivity index is 2.39. The molecule has 82 valence electrons. The van der Waals surface area contributed by atoms with E-state index in [4.69, 9.17) is 5.73 Å². The number of nitrogens with zero attached hydrogens (tertiary/aromatic N) is 1. The number of anilines is 1. The van der Waals surface area contributed by atoms with Gasteiger partial charge in [-0.2, -0.15) is 0 Å². The number of aliphatic hydroxyl groups excluding tert-OH is 1. The first-order valence-electron chi connectivity index (χ1n) is 4.81. The Hall–Kier alpha value is -1.94. The van der Waals surface area contributed by atoms with Gasteiger partial charge in [-0.3, -0.25) is 4.98 Å². The van der Waals surface area contributed by atoms with Crippen molar-refractivity contribution in [2.45, 2.75) is 6.10 Å². The maximum atomic E-state index is 13.4. The molecule has 1 unspecified atom stereocenters. The lowest BCUT2D eigenvalue weighted by molar-refractivity contribution is 0.215. The van der Waals surface area contributed by atoms with Gasteiger partial charge in [-0.25, -0.2) is 4.39 Å². The first-order valence-corrected chi connectivity index (χ1v) is 4.81. The lowest BCUT2D eigenvalue weighted by Gasteiger charge is -2.12. The fourth-order valence-corrected chi connectivity index (χ4v) is 1.52. The fourth-order valence-electron chi connectivity index (χ4n) is 1.52. The number of aliphatic hydroxyl groups is 1. The van der Waals surface area contributed by atoms with E-state index in [1.54, 1.807) is 24.3 Å². The van der Waals surface area contributed by atoms with E-state index in [9.17, 15) is 9.50 Å². The van der Waals surface area contributed by atoms with Gasteiger partial charge in [-0.05, 0) is 23.8 Å². The molecule has 3 N–H and O–H groups in total. The van der Waals surface area contributed by atoms with E-state index in [1.165, 1.54) is 12.3 Å². The van der Waals surface area contributed by atoms with E-state index in [1.807, 2.05) is 0 Å². The zero-order valence-corrected chi connectivity index (χ0v) is 8.47. The Bertz CT molecular complexity index is 502. The second-order valence-electron chi connectivity index (χ2n) is 3.47. The molecule has 0 amide bonds. The zero-order valence-electron chi connectivity index (χ0n) is 8.47. The quantitative estimate of drug-likeness (QED) is 0.757. The topological polar surface area (TPSA) is 59.1 Å². The predicted molar refractivity (Wildman–Crippen MR) is 59.1 cm³/mol.